The molecule has 3 amide bonds. The van der Waals surface area contributed by atoms with Crippen LogP contribution in [-0.4, -0.2) is 90.7 Å². The topological polar surface area (TPSA) is 100 Å². The van der Waals surface area contributed by atoms with E-state index in [4.69, 9.17) is 9.47 Å². The van der Waals surface area contributed by atoms with Gasteiger partial charge in [0.1, 0.15) is 11.6 Å². The zero-order valence-corrected chi connectivity index (χ0v) is 24.5. The minimum atomic E-state index is -1.14. The number of morpholine rings is 1. The second kappa shape index (κ2) is 11.5. The Morgan fingerprint density at radius 3 is 2.68 bits per heavy atom. The SMILES string of the molecule is Cc1cccc(NC(=O)[C@@H]2[C@@H]3C=C[C@]4(O3)[C@@H]2C(=O)N(CCCN2CCOCC2)[C@H]4C(=O)N[C@@H]2CCC[C@H](C)[C@H]2C)c1. The van der Waals surface area contributed by atoms with E-state index in [0.29, 0.717) is 37.3 Å². The van der Waals surface area contributed by atoms with Crippen molar-refractivity contribution in [2.45, 2.75) is 70.2 Å². The maximum Gasteiger partial charge on any atom is 0.246 e. The molecule has 1 aromatic carbocycles. The van der Waals surface area contributed by atoms with Crippen LogP contribution in [0.15, 0.2) is 36.4 Å². The Bertz CT molecular complexity index is 1200. The number of ether oxygens (including phenoxy) is 2. The number of carbonyl (C=O) groups is 3. The molecule has 1 spiro atoms. The summed E-state index contributed by atoms with van der Waals surface area (Å²) < 4.78 is 12.0. The first kappa shape index (κ1) is 28.4. The van der Waals surface area contributed by atoms with Gasteiger partial charge < -0.3 is 25.0 Å². The van der Waals surface area contributed by atoms with Gasteiger partial charge in [0.15, 0.2) is 0 Å². The number of rotatable bonds is 8. The van der Waals surface area contributed by atoms with E-state index >= 15 is 0 Å². The fraction of sp³-hybridized carbons (Fsp3) is 0.656. The Balaban J connectivity index is 1.25. The smallest absolute Gasteiger partial charge is 0.246 e. The number of fused-ring (bicyclic) bond motifs is 1. The molecule has 2 bridgehead atoms. The second-order valence-corrected chi connectivity index (χ2v) is 12.8. The van der Waals surface area contributed by atoms with Crippen LogP contribution in [0.5, 0.6) is 0 Å². The average Bonchev–Trinajstić information content (AvgIpc) is 3.59. The van der Waals surface area contributed by atoms with Gasteiger partial charge in [0.05, 0.1) is 31.2 Å². The number of nitrogens with one attached hydrogen (secondary N) is 2. The number of amides is 3. The molecule has 222 valence electrons. The summed E-state index contributed by atoms with van der Waals surface area (Å²) in [6.45, 7) is 10.9. The van der Waals surface area contributed by atoms with Crippen LogP contribution >= 0.6 is 0 Å². The van der Waals surface area contributed by atoms with Crippen LogP contribution in [0.2, 0.25) is 0 Å². The fourth-order valence-corrected chi connectivity index (χ4v) is 7.79. The third-order valence-electron chi connectivity index (χ3n) is 10.2. The number of hydrogen-bond donors (Lipinski definition) is 2. The van der Waals surface area contributed by atoms with E-state index < -0.39 is 29.6 Å². The van der Waals surface area contributed by atoms with E-state index in [2.05, 4.69) is 29.4 Å². The predicted molar refractivity (Wildman–Crippen MR) is 155 cm³/mol. The Hall–Kier alpha value is -2.75. The first-order chi connectivity index (χ1) is 19.8. The molecule has 8 atom stereocenters. The van der Waals surface area contributed by atoms with Gasteiger partial charge in [-0.05, 0) is 49.3 Å². The van der Waals surface area contributed by atoms with Gasteiger partial charge in [-0.1, -0.05) is 51.0 Å². The van der Waals surface area contributed by atoms with Gasteiger partial charge in [-0.25, -0.2) is 0 Å². The van der Waals surface area contributed by atoms with Gasteiger partial charge in [0.25, 0.3) is 0 Å². The maximum atomic E-state index is 14.2. The number of likely N-dealkylation sites (tertiary alicyclic amines) is 1. The van der Waals surface area contributed by atoms with Crippen molar-refractivity contribution in [1.82, 2.24) is 15.1 Å². The summed E-state index contributed by atoms with van der Waals surface area (Å²) in [6, 6.07) is 6.90. The third-order valence-corrected chi connectivity index (χ3v) is 10.2. The first-order valence-corrected chi connectivity index (χ1v) is 15.4. The highest BCUT2D eigenvalue weighted by molar-refractivity contribution is 6.02. The van der Waals surface area contributed by atoms with Gasteiger partial charge in [-0.2, -0.15) is 0 Å². The zero-order chi connectivity index (χ0) is 28.7. The normalized spacial score (nSPS) is 36.4. The summed E-state index contributed by atoms with van der Waals surface area (Å²) in [5.74, 6) is -1.10. The molecule has 1 saturated carbocycles. The molecule has 9 nitrogen and oxygen atoms in total. The highest BCUT2D eigenvalue weighted by Crippen LogP contribution is 2.55. The highest BCUT2D eigenvalue weighted by Gasteiger charge is 2.72. The molecule has 1 aromatic rings. The van der Waals surface area contributed by atoms with E-state index in [-0.39, 0.29) is 23.8 Å². The summed E-state index contributed by atoms with van der Waals surface area (Å²) in [4.78, 5) is 46.1. The zero-order valence-electron chi connectivity index (χ0n) is 24.5. The molecule has 0 unspecified atom stereocenters. The monoisotopic (exact) mass is 564 g/mol. The number of carbonyl (C=O) groups excluding carboxylic acids is 3. The lowest BCUT2D eigenvalue weighted by atomic mass is 9.73. The number of aryl methyl sites for hydroxylation is 1. The summed E-state index contributed by atoms with van der Waals surface area (Å²) in [5, 5.41) is 6.36. The minimum absolute atomic E-state index is 0.0648. The van der Waals surface area contributed by atoms with Crippen LogP contribution in [0.1, 0.15) is 45.1 Å². The van der Waals surface area contributed by atoms with Crippen LogP contribution in [0.25, 0.3) is 0 Å². The Kier molecular flexibility index (Phi) is 7.96. The van der Waals surface area contributed by atoms with Crippen LogP contribution in [0.4, 0.5) is 5.69 Å². The lowest BCUT2D eigenvalue weighted by Gasteiger charge is -2.38. The summed E-state index contributed by atoms with van der Waals surface area (Å²) in [7, 11) is 0. The molecular weight excluding hydrogens is 520 g/mol. The van der Waals surface area contributed by atoms with Crippen molar-refractivity contribution < 1.29 is 23.9 Å². The molecule has 3 saturated heterocycles. The van der Waals surface area contributed by atoms with E-state index in [9.17, 15) is 14.4 Å². The van der Waals surface area contributed by atoms with Gasteiger partial charge >= 0.3 is 0 Å². The molecule has 41 heavy (non-hydrogen) atoms. The van der Waals surface area contributed by atoms with E-state index in [1.54, 1.807) is 4.90 Å². The van der Waals surface area contributed by atoms with E-state index in [1.807, 2.05) is 43.3 Å². The molecule has 5 aliphatic rings. The molecule has 4 aliphatic heterocycles. The van der Waals surface area contributed by atoms with Gasteiger partial charge in [0, 0.05) is 37.9 Å². The molecule has 6 rings (SSSR count). The molecular formula is C32H44N4O5. The van der Waals surface area contributed by atoms with Crippen molar-refractivity contribution in [3.8, 4) is 0 Å². The Labute approximate surface area is 243 Å². The predicted octanol–water partition coefficient (Wildman–Crippen LogP) is 2.75. The molecule has 0 aromatic heterocycles. The fourth-order valence-electron chi connectivity index (χ4n) is 7.79. The Morgan fingerprint density at radius 1 is 1.10 bits per heavy atom. The third kappa shape index (κ3) is 5.21. The van der Waals surface area contributed by atoms with Crippen molar-refractivity contribution in [1.29, 1.82) is 0 Å². The summed E-state index contributed by atoms with van der Waals surface area (Å²) in [6.07, 6.45) is 7.17. The van der Waals surface area contributed by atoms with Crippen molar-refractivity contribution in [2.24, 2.45) is 23.7 Å². The van der Waals surface area contributed by atoms with Crippen molar-refractivity contribution in [3.63, 3.8) is 0 Å². The number of benzene rings is 1. The number of hydrogen-bond acceptors (Lipinski definition) is 6. The first-order valence-electron chi connectivity index (χ1n) is 15.4. The molecule has 1 aliphatic carbocycles. The maximum absolute atomic E-state index is 14.2. The van der Waals surface area contributed by atoms with Gasteiger partial charge in [-0.3, -0.25) is 19.3 Å². The van der Waals surface area contributed by atoms with Crippen LogP contribution in [0.3, 0.4) is 0 Å². The largest absolute Gasteiger partial charge is 0.379 e. The molecule has 4 heterocycles. The summed E-state index contributed by atoms with van der Waals surface area (Å²) in [5.41, 5.74) is 0.594. The number of anilines is 1. The highest BCUT2D eigenvalue weighted by atomic mass is 16.5. The lowest BCUT2D eigenvalue weighted by Crippen LogP contribution is -2.58. The van der Waals surface area contributed by atoms with Crippen molar-refractivity contribution in [3.05, 3.63) is 42.0 Å². The lowest BCUT2D eigenvalue weighted by molar-refractivity contribution is -0.141. The summed E-state index contributed by atoms with van der Waals surface area (Å²) >= 11 is 0. The number of nitrogens with zero attached hydrogens (tertiary/aromatic N) is 2. The average molecular weight is 565 g/mol. The molecule has 4 fully saturated rings. The van der Waals surface area contributed by atoms with Crippen LogP contribution < -0.4 is 10.6 Å². The van der Waals surface area contributed by atoms with Gasteiger partial charge in [-0.15, -0.1) is 0 Å². The minimum Gasteiger partial charge on any atom is -0.379 e. The van der Waals surface area contributed by atoms with E-state index in [0.717, 1.165) is 44.5 Å². The molecule has 9 heteroatoms. The molecule has 2 N–H and O–H groups in total. The standard InChI is InChI=1S/C32H44N4O5/c1-20-7-4-9-23(19-20)33-29(37)26-25-11-12-32(41-25)27(26)31(39)36(14-6-13-35-15-17-40-18-16-35)28(32)30(38)34-24-10-5-8-21(2)22(24)3/h4,7,9,11-12,19,21-22,24-28H,5-6,8,10,13-18H2,1-3H3,(H,33,37)(H,34,38)/t21-,22+,24+,25-,26+,27-,28-,32-/m0/s1. The Morgan fingerprint density at radius 2 is 1.90 bits per heavy atom. The van der Waals surface area contributed by atoms with Gasteiger partial charge in [0.2, 0.25) is 17.7 Å². The quantitative estimate of drug-likeness (QED) is 0.471. The van der Waals surface area contributed by atoms with Crippen molar-refractivity contribution in [2.75, 3.05) is 44.7 Å². The van der Waals surface area contributed by atoms with Crippen LogP contribution in [-0.2, 0) is 23.9 Å². The van der Waals surface area contributed by atoms with Crippen molar-refractivity contribution >= 4 is 23.4 Å². The van der Waals surface area contributed by atoms with Crippen LogP contribution in [0, 0.1) is 30.6 Å². The second-order valence-electron chi connectivity index (χ2n) is 12.8. The van der Waals surface area contributed by atoms with E-state index in [1.165, 1.54) is 6.42 Å². The molecule has 0 radical (unpaired) electrons.